The number of carbonyl (C=O) groups is 2. The van der Waals surface area contributed by atoms with Crippen LogP contribution in [0.15, 0.2) is 70.2 Å². The van der Waals surface area contributed by atoms with Crippen molar-refractivity contribution in [1.82, 2.24) is 5.43 Å². The van der Waals surface area contributed by atoms with E-state index in [4.69, 9.17) is 9.52 Å². The number of nitro groups is 1. The predicted octanol–water partition coefficient (Wildman–Crippen LogP) is 3.25. The average Bonchev–Trinajstić information content (AvgIpc) is 3.17. The third kappa shape index (κ3) is 4.92. The van der Waals surface area contributed by atoms with Crippen LogP contribution in [-0.4, -0.2) is 28.1 Å². The van der Waals surface area contributed by atoms with Crippen molar-refractivity contribution in [3.05, 3.63) is 87.7 Å². The maximum Gasteiger partial charge on any atom is 0.335 e. The normalized spacial score (nSPS) is 10.8. The summed E-state index contributed by atoms with van der Waals surface area (Å²) in [6.45, 7) is 0. The number of carbonyl (C=O) groups excluding carboxylic acids is 1. The highest BCUT2D eigenvalue weighted by molar-refractivity contribution is 5.89. The van der Waals surface area contributed by atoms with Gasteiger partial charge in [-0.05, 0) is 24.3 Å². The smallest absolute Gasteiger partial charge is 0.335 e. The van der Waals surface area contributed by atoms with Crippen LogP contribution in [0, 0.1) is 10.1 Å². The lowest BCUT2D eigenvalue weighted by Gasteiger charge is -2.01. The molecule has 146 valence electrons. The van der Waals surface area contributed by atoms with E-state index in [1.165, 1.54) is 36.5 Å². The van der Waals surface area contributed by atoms with Crippen LogP contribution < -0.4 is 5.43 Å². The molecular weight excluding hydrogens is 378 g/mol. The number of nitrogens with zero attached hydrogens (tertiary/aromatic N) is 2. The molecule has 0 fully saturated rings. The minimum absolute atomic E-state index is 0.133. The number of amides is 1. The van der Waals surface area contributed by atoms with Crippen LogP contribution in [0.1, 0.15) is 21.7 Å². The molecule has 0 radical (unpaired) electrons. The van der Waals surface area contributed by atoms with E-state index < -0.39 is 16.8 Å². The number of carboxylic acid groups (broad SMARTS) is 1. The maximum atomic E-state index is 12.0. The molecule has 29 heavy (non-hydrogen) atoms. The van der Waals surface area contributed by atoms with Crippen LogP contribution >= 0.6 is 0 Å². The van der Waals surface area contributed by atoms with E-state index >= 15 is 0 Å². The molecule has 0 unspecified atom stereocenters. The average molecular weight is 393 g/mol. The molecule has 1 aromatic heterocycles. The van der Waals surface area contributed by atoms with E-state index in [9.17, 15) is 19.7 Å². The lowest BCUT2D eigenvalue weighted by Crippen LogP contribution is -2.20. The lowest BCUT2D eigenvalue weighted by molar-refractivity contribution is -0.385. The van der Waals surface area contributed by atoms with Gasteiger partial charge in [0, 0.05) is 17.2 Å². The number of hydrazone groups is 1. The van der Waals surface area contributed by atoms with Gasteiger partial charge in [-0.2, -0.15) is 5.10 Å². The standard InChI is InChI=1S/C20H15N3O6/c24-19(11-13-4-1-2-7-17(13)23(27)28)22-21-12-16-8-9-18(29-16)14-5-3-6-15(10-14)20(25)26/h1-10,12H,11H2,(H,22,24)(H,25,26)/b21-12+. The van der Waals surface area contributed by atoms with Gasteiger partial charge in [-0.15, -0.1) is 0 Å². The van der Waals surface area contributed by atoms with Crippen molar-refractivity contribution in [2.24, 2.45) is 5.10 Å². The Kier molecular flexibility index (Phi) is 5.79. The summed E-state index contributed by atoms with van der Waals surface area (Å²) in [4.78, 5) is 33.5. The third-order valence-electron chi connectivity index (χ3n) is 3.94. The Labute approximate surface area is 164 Å². The Morgan fingerprint density at radius 3 is 2.69 bits per heavy atom. The molecule has 2 aromatic carbocycles. The first-order chi connectivity index (χ1) is 13.9. The number of aromatic carboxylic acids is 1. The Bertz CT molecular complexity index is 1100. The van der Waals surface area contributed by atoms with E-state index in [-0.39, 0.29) is 23.2 Å². The molecule has 9 nitrogen and oxygen atoms in total. The highest BCUT2D eigenvalue weighted by Crippen LogP contribution is 2.22. The zero-order valence-corrected chi connectivity index (χ0v) is 14.9. The summed E-state index contributed by atoms with van der Waals surface area (Å²) in [5.74, 6) is -0.773. The van der Waals surface area contributed by atoms with Gasteiger partial charge < -0.3 is 9.52 Å². The molecule has 3 aromatic rings. The summed E-state index contributed by atoms with van der Waals surface area (Å²) < 4.78 is 5.57. The van der Waals surface area contributed by atoms with Gasteiger partial charge in [-0.1, -0.05) is 30.3 Å². The number of hydrogen-bond donors (Lipinski definition) is 2. The van der Waals surface area contributed by atoms with E-state index in [1.807, 2.05) is 0 Å². The first-order valence-electron chi connectivity index (χ1n) is 8.42. The van der Waals surface area contributed by atoms with Crippen LogP contribution in [0.4, 0.5) is 5.69 Å². The lowest BCUT2D eigenvalue weighted by atomic mass is 10.1. The van der Waals surface area contributed by atoms with E-state index in [1.54, 1.807) is 30.3 Å². The number of para-hydroxylation sites is 1. The predicted molar refractivity (Wildman–Crippen MR) is 104 cm³/mol. The molecule has 1 amide bonds. The Morgan fingerprint density at radius 2 is 1.93 bits per heavy atom. The van der Waals surface area contributed by atoms with E-state index in [0.717, 1.165) is 0 Å². The molecule has 0 aliphatic carbocycles. The quantitative estimate of drug-likeness (QED) is 0.359. The highest BCUT2D eigenvalue weighted by Gasteiger charge is 2.15. The molecule has 0 bridgehead atoms. The van der Waals surface area contributed by atoms with Crippen molar-refractivity contribution < 1.29 is 24.0 Å². The van der Waals surface area contributed by atoms with Gasteiger partial charge in [0.1, 0.15) is 11.5 Å². The van der Waals surface area contributed by atoms with Crippen LogP contribution in [0.25, 0.3) is 11.3 Å². The monoisotopic (exact) mass is 393 g/mol. The number of furan rings is 1. The summed E-state index contributed by atoms with van der Waals surface area (Å²) in [6, 6.07) is 15.5. The second kappa shape index (κ2) is 8.61. The van der Waals surface area contributed by atoms with Gasteiger partial charge in [0.25, 0.3) is 5.69 Å². The molecule has 3 rings (SSSR count). The van der Waals surface area contributed by atoms with Crippen molar-refractivity contribution in [2.75, 3.05) is 0 Å². The van der Waals surface area contributed by atoms with Crippen LogP contribution in [-0.2, 0) is 11.2 Å². The summed E-state index contributed by atoms with van der Waals surface area (Å²) in [6.07, 6.45) is 1.09. The van der Waals surface area contributed by atoms with Gasteiger partial charge in [-0.25, -0.2) is 10.2 Å². The van der Waals surface area contributed by atoms with Gasteiger partial charge in [0.2, 0.25) is 5.91 Å². The van der Waals surface area contributed by atoms with Crippen LogP contribution in [0.3, 0.4) is 0 Å². The fraction of sp³-hybridized carbons (Fsp3) is 0.0500. The molecular formula is C20H15N3O6. The first-order valence-corrected chi connectivity index (χ1v) is 8.42. The number of nitrogens with one attached hydrogen (secondary N) is 1. The summed E-state index contributed by atoms with van der Waals surface area (Å²) in [5, 5.41) is 23.8. The largest absolute Gasteiger partial charge is 0.478 e. The zero-order valence-electron chi connectivity index (χ0n) is 14.9. The summed E-state index contributed by atoms with van der Waals surface area (Å²) in [5.41, 5.74) is 3.16. The number of carboxylic acids is 1. The molecule has 9 heteroatoms. The van der Waals surface area contributed by atoms with Crippen molar-refractivity contribution in [2.45, 2.75) is 6.42 Å². The zero-order chi connectivity index (χ0) is 20.8. The minimum Gasteiger partial charge on any atom is -0.478 e. The number of benzene rings is 2. The number of hydrogen-bond acceptors (Lipinski definition) is 6. The molecule has 1 heterocycles. The maximum absolute atomic E-state index is 12.0. The van der Waals surface area contributed by atoms with Crippen molar-refractivity contribution in [3.63, 3.8) is 0 Å². The van der Waals surface area contributed by atoms with Gasteiger partial charge in [0.15, 0.2) is 0 Å². The molecule has 0 aliphatic heterocycles. The van der Waals surface area contributed by atoms with Crippen molar-refractivity contribution in [1.29, 1.82) is 0 Å². The Hall–Kier alpha value is -4.27. The number of rotatable bonds is 7. The summed E-state index contributed by atoms with van der Waals surface area (Å²) >= 11 is 0. The van der Waals surface area contributed by atoms with Crippen LogP contribution in [0.2, 0.25) is 0 Å². The van der Waals surface area contributed by atoms with Gasteiger partial charge in [0.05, 0.1) is 23.1 Å². The van der Waals surface area contributed by atoms with E-state index in [0.29, 0.717) is 17.1 Å². The fourth-order valence-electron chi connectivity index (χ4n) is 2.60. The van der Waals surface area contributed by atoms with Gasteiger partial charge >= 0.3 is 5.97 Å². The molecule has 0 atom stereocenters. The third-order valence-corrected chi connectivity index (χ3v) is 3.94. The first kappa shape index (κ1) is 19.5. The minimum atomic E-state index is -1.04. The highest BCUT2D eigenvalue weighted by atomic mass is 16.6. The Morgan fingerprint density at radius 1 is 1.14 bits per heavy atom. The topological polar surface area (TPSA) is 135 Å². The molecule has 0 aliphatic rings. The molecule has 2 N–H and O–H groups in total. The Balaban J connectivity index is 1.63. The second-order valence-electron chi connectivity index (χ2n) is 5.94. The van der Waals surface area contributed by atoms with Gasteiger partial charge in [-0.3, -0.25) is 14.9 Å². The second-order valence-corrected chi connectivity index (χ2v) is 5.94. The van der Waals surface area contributed by atoms with Crippen molar-refractivity contribution >= 4 is 23.8 Å². The SMILES string of the molecule is O=C(Cc1ccccc1[N+](=O)[O-])N/N=C/c1ccc(-c2cccc(C(=O)O)c2)o1. The molecule has 0 saturated heterocycles. The van der Waals surface area contributed by atoms with Crippen LogP contribution in [0.5, 0.6) is 0 Å². The summed E-state index contributed by atoms with van der Waals surface area (Å²) in [7, 11) is 0. The van der Waals surface area contributed by atoms with Crippen molar-refractivity contribution in [3.8, 4) is 11.3 Å². The fourth-order valence-corrected chi connectivity index (χ4v) is 2.60. The molecule has 0 spiro atoms. The molecule has 0 saturated carbocycles. The number of nitro benzene ring substituents is 1. The van der Waals surface area contributed by atoms with E-state index in [2.05, 4.69) is 10.5 Å².